The van der Waals surface area contributed by atoms with Crippen LogP contribution in [-0.4, -0.2) is 60.6 Å². The summed E-state index contributed by atoms with van der Waals surface area (Å²) in [5, 5.41) is 3.48. The summed E-state index contributed by atoms with van der Waals surface area (Å²) in [5.74, 6) is 0.921. The summed E-state index contributed by atoms with van der Waals surface area (Å²) in [6.45, 7) is 16.8. The molecule has 0 bridgehead atoms. The summed E-state index contributed by atoms with van der Waals surface area (Å²) in [7, 11) is 0. The third-order valence-electron chi connectivity index (χ3n) is 4.69. The van der Waals surface area contributed by atoms with E-state index in [2.05, 4.69) is 42.8 Å². The Kier molecular flexibility index (Phi) is 4.68. The topological polar surface area (TPSA) is 18.5 Å². The van der Waals surface area contributed by atoms with E-state index in [0.29, 0.717) is 5.54 Å². The van der Waals surface area contributed by atoms with Crippen molar-refractivity contribution in [1.82, 2.24) is 15.1 Å². The van der Waals surface area contributed by atoms with Crippen LogP contribution >= 0.6 is 0 Å². The Bertz CT molecular complexity index is 251. The van der Waals surface area contributed by atoms with Crippen LogP contribution in [0.4, 0.5) is 0 Å². The van der Waals surface area contributed by atoms with Gasteiger partial charge in [-0.25, -0.2) is 0 Å². The molecule has 2 rings (SSSR count). The van der Waals surface area contributed by atoms with E-state index in [9.17, 15) is 0 Å². The van der Waals surface area contributed by atoms with Gasteiger partial charge in [0.15, 0.2) is 0 Å². The van der Waals surface area contributed by atoms with Crippen molar-refractivity contribution in [2.24, 2.45) is 5.92 Å². The summed E-state index contributed by atoms with van der Waals surface area (Å²) >= 11 is 0. The summed E-state index contributed by atoms with van der Waals surface area (Å²) in [4.78, 5) is 5.33. The monoisotopic (exact) mass is 253 g/mol. The molecule has 0 aromatic heterocycles. The predicted molar refractivity (Wildman–Crippen MR) is 78.0 cm³/mol. The van der Waals surface area contributed by atoms with Gasteiger partial charge in [0, 0.05) is 37.8 Å². The summed E-state index contributed by atoms with van der Waals surface area (Å²) in [5.41, 5.74) is 0.354. The summed E-state index contributed by atoms with van der Waals surface area (Å²) < 4.78 is 0. The Labute approximate surface area is 113 Å². The number of nitrogens with zero attached hydrogens (tertiary/aromatic N) is 2. The van der Waals surface area contributed by atoms with Crippen LogP contribution in [0, 0.1) is 5.92 Å². The van der Waals surface area contributed by atoms with Gasteiger partial charge in [0.25, 0.3) is 0 Å². The van der Waals surface area contributed by atoms with Gasteiger partial charge in [-0.1, -0.05) is 0 Å². The van der Waals surface area contributed by atoms with E-state index in [-0.39, 0.29) is 0 Å². The van der Waals surface area contributed by atoms with Crippen molar-refractivity contribution in [1.29, 1.82) is 0 Å². The zero-order valence-electron chi connectivity index (χ0n) is 12.7. The van der Waals surface area contributed by atoms with Gasteiger partial charge in [0.1, 0.15) is 0 Å². The lowest BCUT2D eigenvalue weighted by Crippen LogP contribution is -2.53. The second-order valence-electron chi connectivity index (χ2n) is 7.15. The molecule has 18 heavy (non-hydrogen) atoms. The van der Waals surface area contributed by atoms with Crippen LogP contribution in [0.25, 0.3) is 0 Å². The molecule has 3 heteroatoms. The fraction of sp³-hybridized carbons (Fsp3) is 1.00. The van der Waals surface area contributed by atoms with Gasteiger partial charge in [-0.05, 0) is 59.5 Å². The highest BCUT2D eigenvalue weighted by Gasteiger charge is 2.29. The Hall–Kier alpha value is -0.120. The first-order valence-electron chi connectivity index (χ1n) is 7.66. The van der Waals surface area contributed by atoms with Crippen molar-refractivity contribution in [3.63, 3.8) is 0 Å². The highest BCUT2D eigenvalue weighted by molar-refractivity contribution is 4.84. The first-order valence-corrected chi connectivity index (χ1v) is 7.66. The Morgan fingerprint density at radius 1 is 1.11 bits per heavy atom. The smallest absolute Gasteiger partial charge is 0.0193 e. The van der Waals surface area contributed by atoms with Crippen molar-refractivity contribution in [2.45, 2.75) is 52.1 Å². The van der Waals surface area contributed by atoms with E-state index in [1.165, 1.54) is 52.1 Å². The Balaban J connectivity index is 1.76. The largest absolute Gasteiger partial charge is 0.314 e. The van der Waals surface area contributed by atoms with Crippen LogP contribution in [0.3, 0.4) is 0 Å². The SMILES string of the molecule is CC1CNCCN1CC1CCN(C(C)(C)C)CC1. The zero-order chi connectivity index (χ0) is 13.2. The fourth-order valence-corrected chi connectivity index (χ4v) is 3.27. The van der Waals surface area contributed by atoms with E-state index in [4.69, 9.17) is 0 Å². The number of likely N-dealkylation sites (tertiary alicyclic amines) is 1. The van der Waals surface area contributed by atoms with E-state index >= 15 is 0 Å². The molecule has 0 aromatic carbocycles. The van der Waals surface area contributed by atoms with Gasteiger partial charge in [0.05, 0.1) is 0 Å². The average molecular weight is 253 g/mol. The highest BCUT2D eigenvalue weighted by atomic mass is 15.2. The maximum absolute atomic E-state index is 3.48. The minimum atomic E-state index is 0.354. The minimum absolute atomic E-state index is 0.354. The van der Waals surface area contributed by atoms with E-state index in [1.54, 1.807) is 0 Å². The average Bonchev–Trinajstić information content (AvgIpc) is 2.32. The van der Waals surface area contributed by atoms with Gasteiger partial charge in [0.2, 0.25) is 0 Å². The Morgan fingerprint density at radius 3 is 2.33 bits per heavy atom. The Morgan fingerprint density at radius 2 is 1.78 bits per heavy atom. The molecule has 3 nitrogen and oxygen atoms in total. The fourth-order valence-electron chi connectivity index (χ4n) is 3.27. The van der Waals surface area contributed by atoms with E-state index in [1.807, 2.05) is 0 Å². The van der Waals surface area contributed by atoms with Gasteiger partial charge in [-0.15, -0.1) is 0 Å². The van der Waals surface area contributed by atoms with Crippen LogP contribution in [0.2, 0.25) is 0 Å². The highest BCUT2D eigenvalue weighted by Crippen LogP contribution is 2.24. The maximum Gasteiger partial charge on any atom is 0.0193 e. The molecule has 2 fully saturated rings. The second kappa shape index (κ2) is 5.89. The van der Waals surface area contributed by atoms with Gasteiger partial charge >= 0.3 is 0 Å². The predicted octanol–water partition coefficient (Wildman–Crippen LogP) is 1.79. The third kappa shape index (κ3) is 3.69. The van der Waals surface area contributed by atoms with Crippen LogP contribution in [0.1, 0.15) is 40.5 Å². The third-order valence-corrected chi connectivity index (χ3v) is 4.69. The molecule has 2 aliphatic rings. The van der Waals surface area contributed by atoms with Crippen molar-refractivity contribution in [3.05, 3.63) is 0 Å². The standard InChI is InChI=1S/C15H31N3/c1-13-11-16-7-10-17(13)12-14-5-8-18(9-6-14)15(2,3)4/h13-14,16H,5-12H2,1-4H3. The molecule has 1 N–H and O–H groups in total. The van der Waals surface area contributed by atoms with Gasteiger partial charge in [-0.2, -0.15) is 0 Å². The summed E-state index contributed by atoms with van der Waals surface area (Å²) in [6, 6.07) is 0.722. The number of hydrogen-bond acceptors (Lipinski definition) is 3. The lowest BCUT2D eigenvalue weighted by atomic mass is 9.92. The maximum atomic E-state index is 3.48. The molecule has 0 aliphatic carbocycles. The quantitative estimate of drug-likeness (QED) is 0.809. The molecule has 2 saturated heterocycles. The lowest BCUT2D eigenvalue weighted by Gasteiger charge is -2.43. The number of piperidine rings is 1. The first kappa shape index (κ1) is 14.3. The number of rotatable bonds is 2. The number of nitrogens with one attached hydrogen (secondary N) is 1. The number of piperazine rings is 1. The van der Waals surface area contributed by atoms with Crippen molar-refractivity contribution >= 4 is 0 Å². The molecular weight excluding hydrogens is 222 g/mol. The summed E-state index contributed by atoms with van der Waals surface area (Å²) in [6.07, 6.45) is 2.77. The lowest BCUT2D eigenvalue weighted by molar-refractivity contribution is 0.0635. The molecule has 0 saturated carbocycles. The molecular formula is C15H31N3. The molecule has 0 spiro atoms. The van der Waals surface area contributed by atoms with Gasteiger partial charge in [-0.3, -0.25) is 9.80 Å². The van der Waals surface area contributed by atoms with Crippen molar-refractivity contribution in [2.75, 3.05) is 39.3 Å². The number of hydrogen-bond donors (Lipinski definition) is 1. The van der Waals surface area contributed by atoms with Crippen LogP contribution in [0.15, 0.2) is 0 Å². The normalized spacial score (nSPS) is 29.7. The van der Waals surface area contributed by atoms with Crippen molar-refractivity contribution < 1.29 is 0 Å². The van der Waals surface area contributed by atoms with E-state index in [0.717, 1.165) is 12.0 Å². The molecule has 0 amide bonds. The first-order chi connectivity index (χ1) is 8.47. The zero-order valence-corrected chi connectivity index (χ0v) is 12.7. The van der Waals surface area contributed by atoms with Crippen LogP contribution < -0.4 is 5.32 Å². The van der Waals surface area contributed by atoms with E-state index < -0.39 is 0 Å². The molecule has 1 atom stereocenters. The van der Waals surface area contributed by atoms with Crippen molar-refractivity contribution in [3.8, 4) is 0 Å². The van der Waals surface area contributed by atoms with Crippen LogP contribution in [-0.2, 0) is 0 Å². The molecule has 106 valence electrons. The molecule has 2 heterocycles. The molecule has 1 unspecified atom stereocenters. The minimum Gasteiger partial charge on any atom is -0.314 e. The van der Waals surface area contributed by atoms with Crippen LogP contribution in [0.5, 0.6) is 0 Å². The van der Waals surface area contributed by atoms with Gasteiger partial charge < -0.3 is 5.32 Å². The second-order valence-corrected chi connectivity index (χ2v) is 7.15. The molecule has 0 aromatic rings. The molecule has 2 aliphatic heterocycles. The molecule has 0 radical (unpaired) electrons.